The van der Waals surface area contributed by atoms with Gasteiger partial charge in [-0.25, -0.2) is 0 Å². The molecule has 0 bridgehead atoms. The summed E-state index contributed by atoms with van der Waals surface area (Å²) in [5, 5.41) is 0.624. The van der Waals surface area contributed by atoms with E-state index in [-0.39, 0.29) is 6.04 Å². The standard InChI is InChI=1S/C16H16ClNO3/c1-19-13-5-3-11(17)9-12(13)16(18)10-2-4-14-15(8-10)21-7-6-20-14/h2-5,8-9,16H,6-7,18H2,1H3. The lowest BCUT2D eigenvalue weighted by molar-refractivity contribution is 0.171. The molecule has 0 spiro atoms. The molecule has 2 aromatic carbocycles. The number of benzene rings is 2. The van der Waals surface area contributed by atoms with Crippen molar-refractivity contribution < 1.29 is 14.2 Å². The molecule has 0 aromatic heterocycles. The first-order valence-corrected chi connectivity index (χ1v) is 7.05. The highest BCUT2D eigenvalue weighted by Gasteiger charge is 2.18. The molecule has 2 aromatic rings. The van der Waals surface area contributed by atoms with Crippen molar-refractivity contribution in [2.45, 2.75) is 6.04 Å². The van der Waals surface area contributed by atoms with Crippen molar-refractivity contribution in [2.24, 2.45) is 5.73 Å². The second-order valence-corrected chi connectivity index (χ2v) is 5.20. The third-order valence-corrected chi connectivity index (χ3v) is 3.69. The van der Waals surface area contributed by atoms with E-state index in [1.165, 1.54) is 0 Å². The van der Waals surface area contributed by atoms with Crippen molar-refractivity contribution in [3.63, 3.8) is 0 Å². The molecule has 0 saturated carbocycles. The van der Waals surface area contributed by atoms with Gasteiger partial charge in [0.15, 0.2) is 11.5 Å². The number of nitrogens with two attached hydrogens (primary N) is 1. The van der Waals surface area contributed by atoms with Gasteiger partial charge in [0.05, 0.1) is 13.2 Å². The number of hydrogen-bond donors (Lipinski definition) is 1. The van der Waals surface area contributed by atoms with Gasteiger partial charge in [0.2, 0.25) is 0 Å². The van der Waals surface area contributed by atoms with Crippen molar-refractivity contribution in [3.05, 3.63) is 52.5 Å². The van der Waals surface area contributed by atoms with Crippen LogP contribution in [0.3, 0.4) is 0 Å². The van der Waals surface area contributed by atoms with Crippen LogP contribution in [-0.4, -0.2) is 20.3 Å². The van der Waals surface area contributed by atoms with E-state index in [9.17, 15) is 0 Å². The van der Waals surface area contributed by atoms with Crippen molar-refractivity contribution in [2.75, 3.05) is 20.3 Å². The van der Waals surface area contributed by atoms with E-state index in [1.54, 1.807) is 13.2 Å². The Bertz CT molecular complexity index is 660. The number of hydrogen-bond acceptors (Lipinski definition) is 4. The monoisotopic (exact) mass is 305 g/mol. The molecular weight excluding hydrogens is 290 g/mol. The molecule has 0 fully saturated rings. The maximum absolute atomic E-state index is 6.36. The fraction of sp³-hybridized carbons (Fsp3) is 0.250. The van der Waals surface area contributed by atoms with Gasteiger partial charge in [-0.2, -0.15) is 0 Å². The van der Waals surface area contributed by atoms with Crippen LogP contribution >= 0.6 is 11.6 Å². The van der Waals surface area contributed by atoms with Crippen LogP contribution < -0.4 is 19.9 Å². The largest absolute Gasteiger partial charge is 0.496 e. The Morgan fingerprint density at radius 3 is 2.62 bits per heavy atom. The number of methoxy groups -OCH3 is 1. The van der Waals surface area contributed by atoms with E-state index in [4.69, 9.17) is 31.5 Å². The molecule has 0 saturated heterocycles. The first-order valence-electron chi connectivity index (χ1n) is 6.67. The van der Waals surface area contributed by atoms with E-state index >= 15 is 0 Å². The van der Waals surface area contributed by atoms with Gasteiger partial charge in [0, 0.05) is 10.6 Å². The summed E-state index contributed by atoms with van der Waals surface area (Å²) in [5.74, 6) is 2.17. The normalized spacial score (nSPS) is 14.6. The molecule has 1 unspecified atom stereocenters. The second kappa shape index (κ2) is 5.84. The zero-order valence-corrected chi connectivity index (χ0v) is 12.4. The van der Waals surface area contributed by atoms with Crippen molar-refractivity contribution in [3.8, 4) is 17.2 Å². The van der Waals surface area contributed by atoms with Crippen LogP contribution in [0.25, 0.3) is 0 Å². The van der Waals surface area contributed by atoms with Gasteiger partial charge in [-0.3, -0.25) is 0 Å². The summed E-state index contributed by atoms with van der Waals surface area (Å²) in [6.07, 6.45) is 0. The molecular formula is C16H16ClNO3. The molecule has 110 valence electrons. The van der Waals surface area contributed by atoms with Crippen molar-refractivity contribution >= 4 is 11.6 Å². The predicted molar refractivity (Wildman–Crippen MR) is 81.5 cm³/mol. The minimum Gasteiger partial charge on any atom is -0.496 e. The van der Waals surface area contributed by atoms with E-state index in [0.717, 1.165) is 22.6 Å². The van der Waals surface area contributed by atoms with Gasteiger partial charge >= 0.3 is 0 Å². The van der Waals surface area contributed by atoms with Crippen LogP contribution in [0.1, 0.15) is 17.2 Å². The lowest BCUT2D eigenvalue weighted by atomic mass is 9.98. The SMILES string of the molecule is COc1ccc(Cl)cc1C(N)c1ccc2c(c1)OCCO2. The maximum atomic E-state index is 6.36. The highest BCUT2D eigenvalue weighted by atomic mass is 35.5. The molecule has 1 aliphatic heterocycles. The Morgan fingerprint density at radius 2 is 1.86 bits per heavy atom. The Balaban J connectivity index is 1.98. The summed E-state index contributed by atoms with van der Waals surface area (Å²) >= 11 is 6.06. The molecule has 21 heavy (non-hydrogen) atoms. The van der Waals surface area contributed by atoms with Crippen LogP contribution in [0, 0.1) is 0 Å². The molecule has 1 aliphatic rings. The zero-order chi connectivity index (χ0) is 14.8. The van der Waals surface area contributed by atoms with Gasteiger partial charge in [-0.1, -0.05) is 17.7 Å². The highest BCUT2D eigenvalue weighted by Crippen LogP contribution is 2.36. The third kappa shape index (κ3) is 2.77. The van der Waals surface area contributed by atoms with Gasteiger partial charge in [-0.15, -0.1) is 0 Å². The Morgan fingerprint density at radius 1 is 1.10 bits per heavy atom. The molecule has 4 nitrogen and oxygen atoms in total. The predicted octanol–water partition coefficient (Wildman–Crippen LogP) is 3.17. The number of halogens is 1. The fourth-order valence-corrected chi connectivity index (χ4v) is 2.56. The summed E-state index contributed by atoms with van der Waals surface area (Å²) in [5.41, 5.74) is 8.11. The summed E-state index contributed by atoms with van der Waals surface area (Å²) < 4.78 is 16.5. The maximum Gasteiger partial charge on any atom is 0.161 e. The van der Waals surface area contributed by atoms with Gasteiger partial charge in [0.1, 0.15) is 19.0 Å². The topological polar surface area (TPSA) is 53.7 Å². The van der Waals surface area contributed by atoms with Crippen LogP contribution in [-0.2, 0) is 0 Å². The fourth-order valence-electron chi connectivity index (χ4n) is 2.38. The Labute approximate surface area is 128 Å². The summed E-state index contributed by atoms with van der Waals surface area (Å²) in [4.78, 5) is 0. The van der Waals surface area contributed by atoms with Crippen LogP contribution in [0.4, 0.5) is 0 Å². The molecule has 5 heteroatoms. The first kappa shape index (κ1) is 14.0. The molecule has 1 atom stereocenters. The van der Waals surface area contributed by atoms with E-state index in [1.807, 2.05) is 30.3 Å². The lowest BCUT2D eigenvalue weighted by Crippen LogP contribution is -2.17. The molecule has 0 radical (unpaired) electrons. The van der Waals surface area contributed by atoms with E-state index < -0.39 is 0 Å². The quantitative estimate of drug-likeness (QED) is 0.946. The Kier molecular flexibility index (Phi) is 3.90. The van der Waals surface area contributed by atoms with Crippen LogP contribution in [0.2, 0.25) is 5.02 Å². The van der Waals surface area contributed by atoms with Crippen LogP contribution in [0.15, 0.2) is 36.4 Å². The average Bonchev–Trinajstić information content (AvgIpc) is 2.53. The summed E-state index contributed by atoms with van der Waals surface area (Å²) in [6.45, 7) is 1.12. The van der Waals surface area contributed by atoms with Gasteiger partial charge in [-0.05, 0) is 35.9 Å². The summed E-state index contributed by atoms with van der Waals surface area (Å²) in [7, 11) is 1.61. The number of fused-ring (bicyclic) bond motifs is 1. The molecule has 2 N–H and O–H groups in total. The number of rotatable bonds is 3. The molecule has 0 amide bonds. The minimum absolute atomic E-state index is 0.352. The van der Waals surface area contributed by atoms with Crippen molar-refractivity contribution in [1.82, 2.24) is 0 Å². The van der Waals surface area contributed by atoms with E-state index in [0.29, 0.717) is 24.0 Å². The average molecular weight is 306 g/mol. The lowest BCUT2D eigenvalue weighted by Gasteiger charge is -2.21. The molecule has 1 heterocycles. The van der Waals surface area contributed by atoms with Gasteiger partial charge < -0.3 is 19.9 Å². The zero-order valence-electron chi connectivity index (χ0n) is 11.6. The van der Waals surface area contributed by atoms with Crippen molar-refractivity contribution in [1.29, 1.82) is 0 Å². The Hall–Kier alpha value is -1.91. The minimum atomic E-state index is -0.352. The second-order valence-electron chi connectivity index (χ2n) is 4.77. The first-order chi connectivity index (χ1) is 10.2. The van der Waals surface area contributed by atoms with Crippen LogP contribution in [0.5, 0.6) is 17.2 Å². The third-order valence-electron chi connectivity index (χ3n) is 3.45. The smallest absolute Gasteiger partial charge is 0.161 e. The summed E-state index contributed by atoms with van der Waals surface area (Å²) in [6, 6.07) is 10.8. The molecule has 0 aliphatic carbocycles. The van der Waals surface area contributed by atoms with Gasteiger partial charge in [0.25, 0.3) is 0 Å². The van der Waals surface area contributed by atoms with E-state index in [2.05, 4.69) is 0 Å². The highest BCUT2D eigenvalue weighted by molar-refractivity contribution is 6.30. The number of ether oxygens (including phenoxy) is 3. The molecule has 3 rings (SSSR count).